The van der Waals surface area contributed by atoms with Gasteiger partial charge in [-0.25, -0.2) is 22.4 Å². The summed E-state index contributed by atoms with van der Waals surface area (Å²) in [5, 5.41) is 4.77. The Bertz CT molecular complexity index is 1110. The maximum absolute atomic E-state index is 14.8. The van der Waals surface area contributed by atoms with E-state index in [9.17, 15) is 27.2 Å². The summed E-state index contributed by atoms with van der Waals surface area (Å²) < 4.78 is 59.5. The summed E-state index contributed by atoms with van der Waals surface area (Å²) in [6.07, 6.45) is -4.59. The Kier molecular flexibility index (Phi) is 7.52. The number of halogens is 4. The molecule has 176 valence electrons. The van der Waals surface area contributed by atoms with Crippen LogP contribution in [0.2, 0.25) is 0 Å². The number of carbonyl (C=O) groups is 1. The number of ether oxygens (including phenoxy) is 1. The van der Waals surface area contributed by atoms with Crippen molar-refractivity contribution in [1.82, 2.24) is 5.32 Å². The zero-order chi connectivity index (χ0) is 24.3. The highest BCUT2D eigenvalue weighted by Gasteiger charge is 2.33. The molecule has 1 fully saturated rings. The van der Waals surface area contributed by atoms with Crippen LogP contribution < -0.4 is 21.0 Å². The van der Waals surface area contributed by atoms with Gasteiger partial charge in [0.05, 0.1) is 24.5 Å². The van der Waals surface area contributed by atoms with E-state index in [-0.39, 0.29) is 30.4 Å². The molecule has 3 rings (SSSR count). The fraction of sp³-hybridized carbons (Fsp3) is 0.318. The first-order valence-corrected chi connectivity index (χ1v) is 10.4. The zero-order valence-corrected chi connectivity index (χ0v) is 18.5. The molecule has 0 spiro atoms. The van der Waals surface area contributed by atoms with E-state index >= 15 is 0 Å². The van der Waals surface area contributed by atoms with Gasteiger partial charge in [0.1, 0.15) is 16.8 Å². The van der Waals surface area contributed by atoms with E-state index < -0.39 is 46.4 Å². The minimum Gasteiger partial charge on any atom is -0.442 e. The number of benzene rings is 1. The summed E-state index contributed by atoms with van der Waals surface area (Å²) in [6.45, 7) is 3.53. The fourth-order valence-electron chi connectivity index (χ4n) is 3.18. The smallest absolute Gasteiger partial charge is 0.414 e. The topological polar surface area (TPSA) is 70.7 Å². The van der Waals surface area contributed by atoms with Crippen LogP contribution in [0.4, 0.5) is 39.4 Å². The molecule has 33 heavy (non-hydrogen) atoms. The van der Waals surface area contributed by atoms with E-state index in [0.29, 0.717) is 0 Å². The van der Waals surface area contributed by atoms with E-state index in [2.05, 4.69) is 22.9 Å². The van der Waals surface area contributed by atoms with Gasteiger partial charge in [0.2, 0.25) is 5.43 Å². The highest BCUT2D eigenvalue weighted by molar-refractivity contribution is 7.80. The molecule has 6 nitrogen and oxygen atoms in total. The Balaban J connectivity index is 1.78. The Morgan fingerprint density at radius 3 is 2.45 bits per heavy atom. The van der Waals surface area contributed by atoms with Crippen LogP contribution in [0.1, 0.15) is 25.3 Å². The standard InChI is InChI=1S/C22H21F4N3O3S/c1-11(2)12-4-3-5-17(18(30)6-12)28-19-15(23)7-13(8-16(19)24)29-10-14(32-22(29)31)9-27-21(33)20(25)26/h3-8,11,14,20H,9-10H2,1-2H3,(H,27,33)(H,28,30)/t14-/m0/s1. The van der Waals surface area contributed by atoms with Crippen molar-refractivity contribution in [2.24, 2.45) is 0 Å². The average molecular weight is 483 g/mol. The maximum atomic E-state index is 14.8. The van der Waals surface area contributed by atoms with Crippen LogP contribution in [-0.4, -0.2) is 36.7 Å². The summed E-state index contributed by atoms with van der Waals surface area (Å²) in [7, 11) is 0. The molecule has 0 aromatic heterocycles. The normalized spacial score (nSPS) is 15.7. The molecular weight excluding hydrogens is 462 g/mol. The number of nitrogens with zero attached hydrogens (tertiary/aromatic N) is 1. The third-order valence-corrected chi connectivity index (χ3v) is 5.28. The van der Waals surface area contributed by atoms with E-state index in [0.717, 1.165) is 22.6 Å². The van der Waals surface area contributed by atoms with Crippen molar-refractivity contribution >= 4 is 40.4 Å². The first-order valence-electron chi connectivity index (χ1n) is 10.0. The van der Waals surface area contributed by atoms with Gasteiger partial charge < -0.3 is 15.4 Å². The molecule has 1 aliphatic heterocycles. The van der Waals surface area contributed by atoms with Crippen LogP contribution in [0.3, 0.4) is 0 Å². The predicted octanol–water partition coefficient (Wildman–Crippen LogP) is 4.70. The lowest BCUT2D eigenvalue weighted by Gasteiger charge is -2.16. The lowest BCUT2D eigenvalue weighted by molar-refractivity contribution is 0.142. The summed E-state index contributed by atoms with van der Waals surface area (Å²) in [5.74, 6) is -1.97. The van der Waals surface area contributed by atoms with E-state index in [1.165, 1.54) is 12.1 Å². The van der Waals surface area contributed by atoms with E-state index in [4.69, 9.17) is 4.74 Å². The Labute approximate surface area is 192 Å². The van der Waals surface area contributed by atoms with Gasteiger partial charge in [0.25, 0.3) is 6.43 Å². The molecule has 0 bridgehead atoms. The van der Waals surface area contributed by atoms with Crippen molar-refractivity contribution in [3.8, 4) is 0 Å². The van der Waals surface area contributed by atoms with Crippen LogP contribution >= 0.6 is 12.2 Å². The highest BCUT2D eigenvalue weighted by atomic mass is 32.1. The van der Waals surface area contributed by atoms with Gasteiger partial charge in [0.15, 0.2) is 11.6 Å². The number of anilines is 3. The molecule has 2 N–H and O–H groups in total. The summed E-state index contributed by atoms with van der Waals surface area (Å²) in [5.41, 5.74) is -0.361. The minimum atomic E-state index is -2.85. The van der Waals surface area contributed by atoms with E-state index in [1.54, 1.807) is 12.1 Å². The van der Waals surface area contributed by atoms with Gasteiger partial charge in [-0.3, -0.25) is 9.69 Å². The largest absolute Gasteiger partial charge is 0.442 e. The molecule has 1 atom stereocenters. The van der Waals surface area contributed by atoms with Crippen molar-refractivity contribution in [2.75, 3.05) is 23.3 Å². The molecule has 0 unspecified atom stereocenters. The quantitative estimate of drug-likeness (QED) is 0.440. The molecule has 1 amide bonds. The summed E-state index contributed by atoms with van der Waals surface area (Å²) >= 11 is 4.46. The van der Waals surface area contributed by atoms with Gasteiger partial charge in [-0.15, -0.1) is 0 Å². The Hall–Kier alpha value is -3.21. The molecule has 0 aliphatic carbocycles. The average Bonchev–Trinajstić information content (AvgIpc) is 3.01. The van der Waals surface area contributed by atoms with Gasteiger partial charge in [-0.05, 0) is 23.6 Å². The van der Waals surface area contributed by atoms with Crippen LogP contribution in [-0.2, 0) is 4.74 Å². The van der Waals surface area contributed by atoms with Crippen LogP contribution in [0.25, 0.3) is 0 Å². The number of alkyl halides is 2. The van der Waals surface area contributed by atoms with Gasteiger partial charge >= 0.3 is 6.09 Å². The third-order valence-electron chi connectivity index (χ3n) is 4.96. The first kappa shape index (κ1) is 24.4. The van der Waals surface area contributed by atoms with Gasteiger partial charge in [0, 0.05) is 12.1 Å². The number of hydrogen-bond acceptors (Lipinski definition) is 5. The van der Waals surface area contributed by atoms with Crippen LogP contribution in [0.15, 0.2) is 41.2 Å². The second-order valence-corrected chi connectivity index (χ2v) is 8.11. The second-order valence-electron chi connectivity index (χ2n) is 7.67. The molecule has 1 aliphatic rings. The minimum absolute atomic E-state index is 0.0193. The molecule has 0 saturated carbocycles. The SMILES string of the molecule is CC(C)c1cccc(Nc2c(F)cc(N3C[C@H](CNC(=S)C(F)F)OC3=O)cc2F)c(=O)c1. The zero-order valence-electron chi connectivity index (χ0n) is 17.7. The molecule has 0 radical (unpaired) electrons. The summed E-state index contributed by atoms with van der Waals surface area (Å²) in [6, 6.07) is 7.99. The number of hydrogen-bond donors (Lipinski definition) is 2. The van der Waals surface area contributed by atoms with Crippen molar-refractivity contribution in [1.29, 1.82) is 0 Å². The molecule has 1 heterocycles. The van der Waals surface area contributed by atoms with Crippen LogP contribution in [0.5, 0.6) is 0 Å². The molecule has 2 aromatic rings. The maximum Gasteiger partial charge on any atom is 0.414 e. The van der Waals surface area contributed by atoms with Crippen LogP contribution in [0, 0.1) is 11.6 Å². The molecule has 11 heteroatoms. The van der Waals surface area contributed by atoms with Crippen molar-refractivity contribution in [3.05, 3.63) is 63.8 Å². The van der Waals surface area contributed by atoms with Gasteiger partial charge in [-0.2, -0.15) is 0 Å². The molecular formula is C22H21F4N3O3S. The lowest BCUT2D eigenvalue weighted by atomic mass is 10.1. The predicted molar refractivity (Wildman–Crippen MR) is 121 cm³/mol. The van der Waals surface area contributed by atoms with Crippen molar-refractivity contribution in [2.45, 2.75) is 32.3 Å². The first-order chi connectivity index (χ1) is 15.6. The van der Waals surface area contributed by atoms with Gasteiger partial charge in [-0.1, -0.05) is 38.2 Å². The fourth-order valence-corrected chi connectivity index (χ4v) is 3.26. The monoisotopic (exact) mass is 483 g/mol. The lowest BCUT2D eigenvalue weighted by Crippen LogP contribution is -2.36. The van der Waals surface area contributed by atoms with E-state index in [1.807, 2.05) is 13.8 Å². The van der Waals surface area contributed by atoms with Crippen molar-refractivity contribution in [3.63, 3.8) is 0 Å². The number of cyclic esters (lactones) is 1. The number of nitrogens with one attached hydrogen (secondary N) is 2. The second kappa shape index (κ2) is 10.2. The third kappa shape index (κ3) is 5.78. The Morgan fingerprint density at radius 2 is 1.85 bits per heavy atom. The highest BCUT2D eigenvalue weighted by Crippen LogP contribution is 2.30. The Morgan fingerprint density at radius 1 is 1.18 bits per heavy atom. The van der Waals surface area contributed by atoms with Crippen molar-refractivity contribution < 1.29 is 27.1 Å². The molecule has 1 saturated heterocycles. The molecule has 2 aromatic carbocycles. The summed E-state index contributed by atoms with van der Waals surface area (Å²) in [4.78, 5) is 24.8. The number of carbonyl (C=O) groups excluding carboxylic acids is 1. The number of thiocarbonyl (C=S) groups is 1. The number of amides is 1. The number of rotatable bonds is 7.